The Hall–Kier alpha value is -4.39. The quantitative estimate of drug-likeness (QED) is 0.223. The molecule has 1 atom stereocenters. The molecule has 1 heterocycles. The van der Waals surface area contributed by atoms with Crippen molar-refractivity contribution >= 4 is 23.0 Å². The van der Waals surface area contributed by atoms with Crippen LogP contribution in [0.2, 0.25) is 0 Å². The van der Waals surface area contributed by atoms with Crippen LogP contribution in [0.15, 0.2) is 94.1 Å². The summed E-state index contributed by atoms with van der Waals surface area (Å²) in [6.45, 7) is 3.66. The molecule has 178 valence electrons. The molecule has 1 amide bonds. The Labute approximate surface area is 202 Å². The van der Waals surface area contributed by atoms with Crippen LogP contribution in [0.1, 0.15) is 19.4 Å². The van der Waals surface area contributed by atoms with Crippen LogP contribution in [0.25, 0.3) is 22.1 Å². The predicted octanol–water partition coefficient (Wildman–Crippen LogP) is 5.32. The van der Waals surface area contributed by atoms with Gasteiger partial charge in [0, 0.05) is 17.5 Å². The van der Waals surface area contributed by atoms with Crippen molar-refractivity contribution in [3.05, 3.63) is 101 Å². The van der Waals surface area contributed by atoms with Gasteiger partial charge >= 0.3 is 17.7 Å². The SMILES string of the molecule is CC(C)C(NC(=O)OCc1ccccc1)C(=O)Oc1ccc2c(-c3ccccc3)cc(=O)oc2c1. The zero-order valence-electron chi connectivity index (χ0n) is 19.4. The molecule has 7 nitrogen and oxygen atoms in total. The highest BCUT2D eigenvalue weighted by Gasteiger charge is 2.27. The molecule has 4 rings (SSSR count). The predicted molar refractivity (Wildman–Crippen MR) is 132 cm³/mol. The molecule has 1 N–H and O–H groups in total. The number of fused-ring (bicyclic) bond motifs is 1. The summed E-state index contributed by atoms with van der Waals surface area (Å²) in [6, 6.07) is 24.0. The molecule has 0 bridgehead atoms. The Kier molecular flexibility index (Phi) is 7.26. The van der Waals surface area contributed by atoms with Crippen molar-refractivity contribution in [2.75, 3.05) is 0 Å². The second-order valence-corrected chi connectivity index (χ2v) is 8.35. The summed E-state index contributed by atoms with van der Waals surface area (Å²) in [7, 11) is 0. The van der Waals surface area contributed by atoms with Gasteiger partial charge < -0.3 is 19.2 Å². The molecule has 1 unspecified atom stereocenters. The smallest absolute Gasteiger partial charge is 0.408 e. The van der Waals surface area contributed by atoms with Crippen LogP contribution in [-0.2, 0) is 16.1 Å². The molecule has 0 spiro atoms. The molecule has 1 aromatic heterocycles. The first-order valence-corrected chi connectivity index (χ1v) is 11.2. The van der Waals surface area contributed by atoms with Gasteiger partial charge in [0.2, 0.25) is 0 Å². The van der Waals surface area contributed by atoms with Gasteiger partial charge in [-0.15, -0.1) is 0 Å². The third-order valence-corrected chi connectivity index (χ3v) is 5.43. The number of esters is 1. The molecular weight excluding hydrogens is 446 g/mol. The number of carbonyl (C=O) groups is 2. The maximum atomic E-state index is 12.9. The second kappa shape index (κ2) is 10.7. The standard InChI is InChI=1S/C28H25NO6/c1-18(2)26(29-28(32)33-17-19-9-5-3-6-10-19)27(31)34-21-13-14-22-23(20-11-7-4-8-12-20)16-25(30)35-24(22)15-21/h3-16,18,26H,17H2,1-2H3,(H,29,32). The topological polar surface area (TPSA) is 94.8 Å². The zero-order valence-corrected chi connectivity index (χ0v) is 19.4. The molecule has 7 heteroatoms. The summed E-state index contributed by atoms with van der Waals surface area (Å²) < 4.78 is 16.1. The largest absolute Gasteiger partial charge is 0.445 e. The number of amides is 1. The van der Waals surface area contributed by atoms with Crippen LogP contribution in [0.5, 0.6) is 5.75 Å². The lowest BCUT2D eigenvalue weighted by Crippen LogP contribution is -2.46. The van der Waals surface area contributed by atoms with E-state index in [1.54, 1.807) is 26.0 Å². The summed E-state index contributed by atoms with van der Waals surface area (Å²) in [4.78, 5) is 37.3. The van der Waals surface area contributed by atoms with Gasteiger partial charge in [0.15, 0.2) is 0 Å². The van der Waals surface area contributed by atoms with Gasteiger partial charge in [-0.3, -0.25) is 0 Å². The Balaban J connectivity index is 1.49. The minimum Gasteiger partial charge on any atom is -0.445 e. The van der Waals surface area contributed by atoms with E-state index in [1.165, 1.54) is 12.1 Å². The summed E-state index contributed by atoms with van der Waals surface area (Å²) in [5.41, 5.74) is 2.20. The monoisotopic (exact) mass is 471 g/mol. The molecule has 0 saturated heterocycles. The number of nitrogens with one attached hydrogen (secondary N) is 1. The Morgan fingerprint density at radius 2 is 1.60 bits per heavy atom. The molecule has 3 aromatic carbocycles. The number of hydrogen-bond donors (Lipinski definition) is 1. The highest BCUT2D eigenvalue weighted by molar-refractivity contribution is 5.94. The number of alkyl carbamates (subject to hydrolysis) is 1. The van der Waals surface area contributed by atoms with E-state index in [0.29, 0.717) is 5.39 Å². The first-order valence-electron chi connectivity index (χ1n) is 11.2. The Morgan fingerprint density at radius 1 is 0.914 bits per heavy atom. The molecule has 0 aliphatic carbocycles. The number of benzene rings is 3. The Bertz CT molecular complexity index is 1380. The van der Waals surface area contributed by atoms with Gasteiger partial charge in [0.05, 0.1) is 0 Å². The minimum atomic E-state index is -0.934. The van der Waals surface area contributed by atoms with Gasteiger partial charge in [-0.1, -0.05) is 74.5 Å². The van der Waals surface area contributed by atoms with Crippen LogP contribution in [0.3, 0.4) is 0 Å². The number of ether oxygens (including phenoxy) is 2. The maximum absolute atomic E-state index is 12.9. The molecule has 0 radical (unpaired) electrons. The average Bonchev–Trinajstić information content (AvgIpc) is 2.86. The summed E-state index contributed by atoms with van der Waals surface area (Å²) >= 11 is 0. The molecule has 0 aliphatic heterocycles. The van der Waals surface area contributed by atoms with E-state index in [0.717, 1.165) is 16.7 Å². The van der Waals surface area contributed by atoms with Crippen LogP contribution in [0, 0.1) is 5.92 Å². The highest BCUT2D eigenvalue weighted by atomic mass is 16.6. The van der Waals surface area contributed by atoms with Crippen LogP contribution >= 0.6 is 0 Å². The van der Waals surface area contributed by atoms with Gasteiger partial charge in [-0.25, -0.2) is 14.4 Å². The molecular formula is C28H25NO6. The van der Waals surface area contributed by atoms with Crippen molar-refractivity contribution in [2.45, 2.75) is 26.5 Å². The fourth-order valence-corrected chi connectivity index (χ4v) is 3.63. The van der Waals surface area contributed by atoms with Gasteiger partial charge in [-0.2, -0.15) is 0 Å². The summed E-state index contributed by atoms with van der Waals surface area (Å²) in [6.07, 6.45) is -0.721. The van der Waals surface area contributed by atoms with Crippen LogP contribution in [0.4, 0.5) is 4.79 Å². The van der Waals surface area contributed by atoms with E-state index < -0.39 is 23.7 Å². The van der Waals surface area contributed by atoms with Gasteiger partial charge in [0.25, 0.3) is 0 Å². The highest BCUT2D eigenvalue weighted by Crippen LogP contribution is 2.29. The average molecular weight is 472 g/mol. The number of hydrogen-bond acceptors (Lipinski definition) is 6. The van der Waals surface area contributed by atoms with E-state index in [4.69, 9.17) is 13.9 Å². The lowest BCUT2D eigenvalue weighted by Gasteiger charge is -2.20. The summed E-state index contributed by atoms with van der Waals surface area (Å²) in [5.74, 6) is -0.714. The van der Waals surface area contributed by atoms with Crippen molar-refractivity contribution < 1.29 is 23.5 Å². The van der Waals surface area contributed by atoms with Crippen molar-refractivity contribution in [3.63, 3.8) is 0 Å². The number of rotatable bonds is 7. The van der Waals surface area contributed by atoms with Gasteiger partial charge in [0.1, 0.15) is 24.0 Å². The van der Waals surface area contributed by atoms with E-state index in [1.807, 2.05) is 60.7 Å². The van der Waals surface area contributed by atoms with E-state index in [2.05, 4.69) is 5.32 Å². The fourth-order valence-electron chi connectivity index (χ4n) is 3.63. The van der Waals surface area contributed by atoms with Gasteiger partial charge in [-0.05, 0) is 34.7 Å². The lowest BCUT2D eigenvalue weighted by molar-refractivity contribution is -0.137. The second-order valence-electron chi connectivity index (χ2n) is 8.35. The Morgan fingerprint density at radius 3 is 2.29 bits per heavy atom. The number of carbonyl (C=O) groups excluding carboxylic acids is 2. The van der Waals surface area contributed by atoms with E-state index in [9.17, 15) is 14.4 Å². The first kappa shape index (κ1) is 23.8. The molecule has 4 aromatic rings. The van der Waals surface area contributed by atoms with Crippen molar-refractivity contribution in [1.29, 1.82) is 0 Å². The summed E-state index contributed by atoms with van der Waals surface area (Å²) in [5, 5.41) is 3.28. The molecule has 0 saturated carbocycles. The first-order chi connectivity index (χ1) is 16.9. The van der Waals surface area contributed by atoms with Crippen LogP contribution < -0.4 is 15.7 Å². The molecule has 35 heavy (non-hydrogen) atoms. The van der Waals surface area contributed by atoms with Crippen molar-refractivity contribution in [3.8, 4) is 16.9 Å². The van der Waals surface area contributed by atoms with Crippen molar-refractivity contribution in [1.82, 2.24) is 5.32 Å². The minimum absolute atomic E-state index is 0.0833. The normalized spacial score (nSPS) is 11.7. The molecule has 0 fully saturated rings. The fraction of sp³-hybridized carbons (Fsp3) is 0.179. The van der Waals surface area contributed by atoms with Crippen LogP contribution in [-0.4, -0.2) is 18.1 Å². The van der Waals surface area contributed by atoms with E-state index in [-0.39, 0.29) is 23.9 Å². The lowest BCUT2D eigenvalue weighted by atomic mass is 10.0. The maximum Gasteiger partial charge on any atom is 0.408 e. The molecule has 0 aliphatic rings. The van der Waals surface area contributed by atoms with Crippen molar-refractivity contribution in [2.24, 2.45) is 5.92 Å². The third kappa shape index (κ3) is 5.95. The third-order valence-electron chi connectivity index (χ3n) is 5.43. The zero-order chi connectivity index (χ0) is 24.8. The van der Waals surface area contributed by atoms with E-state index >= 15 is 0 Å².